The van der Waals surface area contributed by atoms with E-state index < -0.39 is 5.60 Å². The van der Waals surface area contributed by atoms with Crippen molar-refractivity contribution in [3.8, 4) is 0 Å². The van der Waals surface area contributed by atoms with Gasteiger partial charge in [0.1, 0.15) is 12.1 Å². The fraction of sp³-hybridized carbons (Fsp3) is 0.467. The number of rotatable bonds is 2. The number of fused-ring (bicyclic) bond motifs is 1. The van der Waals surface area contributed by atoms with Crippen molar-refractivity contribution in [2.45, 2.75) is 32.8 Å². The van der Waals surface area contributed by atoms with E-state index >= 15 is 0 Å². The summed E-state index contributed by atoms with van der Waals surface area (Å²) in [7, 11) is 0. The average molecular weight is 276 g/mol. The highest BCUT2D eigenvalue weighted by Gasteiger charge is 2.27. The first-order valence-electron chi connectivity index (χ1n) is 6.66. The maximum absolute atomic E-state index is 12.3. The van der Waals surface area contributed by atoms with Crippen molar-refractivity contribution < 1.29 is 14.3 Å². The molecule has 0 aromatic heterocycles. The predicted molar refractivity (Wildman–Crippen MR) is 76.3 cm³/mol. The van der Waals surface area contributed by atoms with Crippen molar-refractivity contribution in [1.29, 1.82) is 0 Å². The Kier molecular flexibility index (Phi) is 3.70. The largest absolute Gasteiger partial charge is 0.459 e. The summed E-state index contributed by atoms with van der Waals surface area (Å²) in [5, 5.41) is 0. The first-order chi connectivity index (χ1) is 9.26. The van der Waals surface area contributed by atoms with E-state index in [1.165, 1.54) is 4.90 Å². The number of hydrogen-bond donors (Lipinski definition) is 1. The van der Waals surface area contributed by atoms with E-state index in [1.54, 1.807) is 32.9 Å². The molecule has 1 heterocycles. The number of carbonyl (C=O) groups is 2. The van der Waals surface area contributed by atoms with Crippen molar-refractivity contribution >= 4 is 17.6 Å². The Balaban J connectivity index is 2.08. The van der Waals surface area contributed by atoms with Crippen molar-refractivity contribution in [3.63, 3.8) is 0 Å². The van der Waals surface area contributed by atoms with E-state index in [2.05, 4.69) is 0 Å². The Morgan fingerprint density at radius 3 is 2.75 bits per heavy atom. The summed E-state index contributed by atoms with van der Waals surface area (Å²) in [6.07, 6.45) is 0.703. The first-order valence-corrected chi connectivity index (χ1v) is 6.66. The normalized spacial score (nSPS) is 14.9. The molecule has 5 heteroatoms. The lowest BCUT2D eigenvalue weighted by atomic mass is 9.98. The molecule has 108 valence electrons. The van der Waals surface area contributed by atoms with Gasteiger partial charge in [0.25, 0.3) is 5.91 Å². The van der Waals surface area contributed by atoms with Crippen molar-refractivity contribution in [3.05, 3.63) is 29.3 Å². The summed E-state index contributed by atoms with van der Waals surface area (Å²) >= 11 is 0. The van der Waals surface area contributed by atoms with Gasteiger partial charge in [0.2, 0.25) is 0 Å². The molecule has 5 nitrogen and oxygen atoms in total. The third kappa shape index (κ3) is 3.29. The number of esters is 1. The monoisotopic (exact) mass is 276 g/mol. The van der Waals surface area contributed by atoms with E-state index in [4.69, 9.17) is 10.5 Å². The maximum Gasteiger partial charge on any atom is 0.326 e. The third-order valence-corrected chi connectivity index (χ3v) is 3.04. The van der Waals surface area contributed by atoms with Gasteiger partial charge in [0.05, 0.1) is 0 Å². The lowest BCUT2D eigenvalue weighted by molar-refractivity contribution is -0.155. The Labute approximate surface area is 118 Å². The Morgan fingerprint density at radius 1 is 1.40 bits per heavy atom. The molecule has 0 unspecified atom stereocenters. The van der Waals surface area contributed by atoms with Gasteiger partial charge in [-0.1, -0.05) is 0 Å². The molecule has 0 spiro atoms. The topological polar surface area (TPSA) is 72.6 Å². The zero-order chi connectivity index (χ0) is 14.9. The van der Waals surface area contributed by atoms with Crippen LogP contribution in [0.2, 0.25) is 0 Å². The number of anilines is 1. The number of benzene rings is 1. The zero-order valence-corrected chi connectivity index (χ0v) is 12.1. The molecule has 0 bridgehead atoms. The molecule has 2 rings (SSSR count). The highest BCUT2D eigenvalue weighted by Crippen LogP contribution is 2.21. The number of nitrogens with two attached hydrogens (primary N) is 1. The van der Waals surface area contributed by atoms with E-state index in [-0.39, 0.29) is 18.4 Å². The summed E-state index contributed by atoms with van der Waals surface area (Å²) < 4.78 is 5.24. The number of nitrogen functional groups attached to an aromatic ring is 1. The van der Waals surface area contributed by atoms with Crippen LogP contribution in [0.3, 0.4) is 0 Å². The lowest BCUT2D eigenvalue weighted by Gasteiger charge is -2.29. The summed E-state index contributed by atoms with van der Waals surface area (Å²) in [6, 6.07) is 5.24. The number of hydrogen-bond acceptors (Lipinski definition) is 4. The van der Waals surface area contributed by atoms with Crippen LogP contribution in [0.25, 0.3) is 0 Å². The molecular weight excluding hydrogens is 256 g/mol. The van der Waals surface area contributed by atoms with Crippen molar-refractivity contribution in [1.82, 2.24) is 4.90 Å². The minimum Gasteiger partial charge on any atom is -0.459 e. The van der Waals surface area contributed by atoms with Crippen LogP contribution < -0.4 is 5.73 Å². The van der Waals surface area contributed by atoms with Crippen LogP contribution in [0.4, 0.5) is 5.69 Å². The molecule has 0 saturated heterocycles. The molecule has 1 aliphatic heterocycles. The van der Waals surface area contributed by atoms with Gasteiger partial charge < -0.3 is 15.4 Å². The van der Waals surface area contributed by atoms with Crippen molar-refractivity contribution in [2.75, 3.05) is 18.8 Å². The smallest absolute Gasteiger partial charge is 0.326 e. The summed E-state index contributed by atoms with van der Waals surface area (Å²) in [5.74, 6) is -0.526. The molecule has 0 fully saturated rings. The second-order valence-electron chi connectivity index (χ2n) is 5.98. The minimum atomic E-state index is -0.539. The van der Waals surface area contributed by atoms with Gasteiger partial charge in [0.15, 0.2) is 0 Å². The molecule has 0 aliphatic carbocycles. The van der Waals surface area contributed by atoms with Crippen LogP contribution >= 0.6 is 0 Å². The van der Waals surface area contributed by atoms with E-state index in [1.807, 2.05) is 6.07 Å². The quantitative estimate of drug-likeness (QED) is 0.658. The van der Waals surface area contributed by atoms with E-state index in [0.717, 1.165) is 5.56 Å². The highest BCUT2D eigenvalue weighted by atomic mass is 16.6. The molecule has 1 amide bonds. The van der Waals surface area contributed by atoms with Gasteiger partial charge >= 0.3 is 5.97 Å². The SMILES string of the molecule is CC(C)(C)OC(=O)CN1CCc2cc(N)ccc2C1=O. The van der Waals surface area contributed by atoms with Gasteiger partial charge in [0, 0.05) is 17.8 Å². The third-order valence-electron chi connectivity index (χ3n) is 3.04. The van der Waals surface area contributed by atoms with Gasteiger partial charge in [-0.05, 0) is 51.0 Å². The molecule has 1 aromatic rings. The second kappa shape index (κ2) is 5.15. The Bertz CT molecular complexity index is 547. The molecule has 0 radical (unpaired) electrons. The number of carbonyl (C=O) groups excluding carboxylic acids is 2. The van der Waals surface area contributed by atoms with Gasteiger partial charge in [-0.3, -0.25) is 9.59 Å². The Morgan fingerprint density at radius 2 is 2.10 bits per heavy atom. The van der Waals surface area contributed by atoms with Gasteiger partial charge in [-0.2, -0.15) is 0 Å². The molecule has 20 heavy (non-hydrogen) atoms. The second-order valence-corrected chi connectivity index (χ2v) is 5.98. The van der Waals surface area contributed by atoms with Crippen LogP contribution in [0.1, 0.15) is 36.7 Å². The zero-order valence-electron chi connectivity index (χ0n) is 12.1. The predicted octanol–water partition coefficient (Wildman–Crippen LogP) is 1.61. The van der Waals surface area contributed by atoms with Crippen molar-refractivity contribution in [2.24, 2.45) is 0 Å². The average Bonchev–Trinajstić information content (AvgIpc) is 2.30. The summed E-state index contributed by atoms with van der Waals surface area (Å²) in [4.78, 5) is 25.6. The van der Waals surface area contributed by atoms with Crippen LogP contribution in [0.15, 0.2) is 18.2 Å². The number of amides is 1. The van der Waals surface area contributed by atoms with Gasteiger partial charge in [-0.15, -0.1) is 0 Å². The molecular formula is C15H20N2O3. The molecule has 0 saturated carbocycles. The standard InChI is InChI=1S/C15H20N2O3/c1-15(2,3)20-13(18)9-17-7-6-10-8-11(16)4-5-12(10)14(17)19/h4-5,8H,6-7,9,16H2,1-3H3. The highest BCUT2D eigenvalue weighted by molar-refractivity contribution is 5.98. The minimum absolute atomic E-state index is 0.0140. The first kappa shape index (κ1) is 14.4. The lowest BCUT2D eigenvalue weighted by Crippen LogP contribution is -2.42. The Hall–Kier alpha value is -2.04. The fourth-order valence-electron chi connectivity index (χ4n) is 2.24. The van der Waals surface area contributed by atoms with Gasteiger partial charge in [-0.25, -0.2) is 0 Å². The van der Waals surface area contributed by atoms with Crippen LogP contribution in [-0.2, 0) is 16.0 Å². The number of ether oxygens (including phenoxy) is 1. The molecule has 0 atom stereocenters. The van der Waals surface area contributed by atoms with Crippen LogP contribution in [0, 0.1) is 0 Å². The summed E-state index contributed by atoms with van der Waals surface area (Å²) in [5.41, 5.74) is 7.38. The number of nitrogens with zero attached hydrogens (tertiary/aromatic N) is 1. The summed E-state index contributed by atoms with van der Waals surface area (Å²) in [6.45, 7) is 5.91. The van der Waals surface area contributed by atoms with E-state index in [0.29, 0.717) is 24.2 Å². The molecule has 1 aromatic carbocycles. The van der Waals surface area contributed by atoms with Crippen LogP contribution in [-0.4, -0.2) is 35.5 Å². The molecule has 1 aliphatic rings. The fourth-order valence-corrected chi connectivity index (χ4v) is 2.24. The maximum atomic E-state index is 12.3. The molecule has 2 N–H and O–H groups in total. The van der Waals surface area contributed by atoms with Crippen LogP contribution in [0.5, 0.6) is 0 Å². The van der Waals surface area contributed by atoms with E-state index in [9.17, 15) is 9.59 Å².